The summed E-state index contributed by atoms with van der Waals surface area (Å²) >= 11 is 0. The molecule has 3 rings (SSSR count). The SMILES string of the molecule is CCCCC[C@H](O)CC[C@@H]1[C@H]2Cc3cccc(OCC(=O)[O-])c3C[C@H]2C[C@H]1O.[CH3+]. The number of carboxylic acids is 1. The van der Waals surface area contributed by atoms with Crippen molar-refractivity contribution in [3.05, 3.63) is 36.8 Å². The molecule has 1 aromatic rings. The van der Waals surface area contributed by atoms with Gasteiger partial charge in [0.2, 0.25) is 0 Å². The Morgan fingerprint density at radius 3 is 2.79 bits per heavy atom. The fraction of sp³-hybridized carbons (Fsp3) is 0.667. The molecular weight excluding hydrogens is 368 g/mol. The van der Waals surface area contributed by atoms with Crippen LogP contribution in [0, 0.1) is 25.2 Å². The van der Waals surface area contributed by atoms with Gasteiger partial charge in [0.05, 0.1) is 18.2 Å². The maximum Gasteiger partial charge on any atom is 0.128 e. The Morgan fingerprint density at radius 2 is 2.07 bits per heavy atom. The van der Waals surface area contributed by atoms with E-state index in [-0.39, 0.29) is 25.6 Å². The number of benzene rings is 1. The van der Waals surface area contributed by atoms with Crippen LogP contribution in [0.2, 0.25) is 0 Å². The average Bonchev–Trinajstić information content (AvgIpc) is 2.97. The molecule has 2 aliphatic rings. The number of carboxylic acid groups (broad SMARTS) is 1. The van der Waals surface area contributed by atoms with Gasteiger partial charge in [-0.1, -0.05) is 38.3 Å². The van der Waals surface area contributed by atoms with Crippen LogP contribution in [0.4, 0.5) is 0 Å². The Bertz CT molecular complexity index is 659. The average molecular weight is 405 g/mol. The van der Waals surface area contributed by atoms with Gasteiger partial charge in [-0.3, -0.25) is 0 Å². The predicted octanol–water partition coefficient (Wildman–Crippen LogP) is 2.70. The molecule has 2 aliphatic carbocycles. The van der Waals surface area contributed by atoms with Crippen LogP contribution in [0.1, 0.15) is 63.0 Å². The molecule has 0 spiro atoms. The van der Waals surface area contributed by atoms with Gasteiger partial charge >= 0.3 is 0 Å². The summed E-state index contributed by atoms with van der Waals surface area (Å²) in [5, 5.41) is 31.7. The van der Waals surface area contributed by atoms with Crippen molar-refractivity contribution >= 4 is 5.97 Å². The van der Waals surface area contributed by atoms with Crippen molar-refractivity contribution in [3.8, 4) is 5.75 Å². The largest absolute Gasteiger partial charge is 0.546 e. The summed E-state index contributed by atoms with van der Waals surface area (Å²) in [6, 6.07) is 5.80. The Kier molecular flexibility index (Phi) is 8.84. The van der Waals surface area contributed by atoms with Gasteiger partial charge in [-0.05, 0) is 73.5 Å². The number of ether oxygens (including phenoxy) is 1. The molecule has 1 saturated carbocycles. The van der Waals surface area contributed by atoms with Crippen molar-refractivity contribution in [2.45, 2.75) is 76.9 Å². The Labute approximate surface area is 175 Å². The van der Waals surface area contributed by atoms with Crippen molar-refractivity contribution in [1.29, 1.82) is 0 Å². The molecule has 5 nitrogen and oxygen atoms in total. The summed E-state index contributed by atoms with van der Waals surface area (Å²) in [7, 11) is 0. The van der Waals surface area contributed by atoms with Crippen molar-refractivity contribution in [3.63, 3.8) is 0 Å². The van der Waals surface area contributed by atoms with Gasteiger partial charge in [-0.15, -0.1) is 0 Å². The minimum atomic E-state index is -1.22. The Morgan fingerprint density at radius 1 is 1.28 bits per heavy atom. The number of aliphatic carboxylic acids is 1. The van der Waals surface area contributed by atoms with Gasteiger partial charge in [0.15, 0.2) is 0 Å². The lowest BCUT2D eigenvalue weighted by atomic mass is 9.73. The number of fused-ring (bicyclic) bond motifs is 2. The zero-order valence-electron chi connectivity index (χ0n) is 17.8. The second-order valence-corrected chi connectivity index (χ2v) is 8.58. The second kappa shape index (κ2) is 10.9. The normalized spacial score (nSPS) is 26.2. The molecule has 1 aromatic carbocycles. The smallest absolute Gasteiger partial charge is 0.128 e. The van der Waals surface area contributed by atoms with Gasteiger partial charge in [-0.25, -0.2) is 0 Å². The zero-order chi connectivity index (χ0) is 20.1. The predicted molar refractivity (Wildman–Crippen MR) is 111 cm³/mol. The molecule has 29 heavy (non-hydrogen) atoms. The lowest BCUT2D eigenvalue weighted by Gasteiger charge is -2.32. The first-order valence-corrected chi connectivity index (χ1v) is 10.8. The minimum absolute atomic E-state index is 0. The zero-order valence-corrected chi connectivity index (χ0v) is 17.8. The molecule has 0 bridgehead atoms. The summed E-state index contributed by atoms with van der Waals surface area (Å²) in [5.41, 5.74) is 2.28. The molecule has 5 atom stereocenters. The van der Waals surface area contributed by atoms with Crippen LogP contribution >= 0.6 is 0 Å². The van der Waals surface area contributed by atoms with Crippen molar-refractivity contribution in [1.82, 2.24) is 0 Å². The number of rotatable bonds is 10. The van der Waals surface area contributed by atoms with E-state index >= 15 is 0 Å². The van der Waals surface area contributed by atoms with Gasteiger partial charge < -0.3 is 24.9 Å². The number of aliphatic hydroxyl groups excluding tert-OH is 2. The monoisotopic (exact) mass is 404 g/mol. The Balaban J connectivity index is 0.00000300. The van der Waals surface area contributed by atoms with E-state index in [1.807, 2.05) is 12.1 Å². The second-order valence-electron chi connectivity index (χ2n) is 8.58. The minimum Gasteiger partial charge on any atom is -0.546 e. The highest BCUT2D eigenvalue weighted by Crippen LogP contribution is 2.48. The van der Waals surface area contributed by atoms with Crippen LogP contribution in [0.5, 0.6) is 5.75 Å². The molecule has 0 radical (unpaired) electrons. The van der Waals surface area contributed by atoms with Crippen molar-refractivity contribution in [2.24, 2.45) is 17.8 Å². The van der Waals surface area contributed by atoms with Crippen molar-refractivity contribution in [2.75, 3.05) is 6.61 Å². The molecule has 1 fully saturated rings. The molecule has 0 saturated heterocycles. The molecule has 2 N–H and O–H groups in total. The fourth-order valence-corrected chi connectivity index (χ4v) is 5.24. The van der Waals surface area contributed by atoms with E-state index in [4.69, 9.17) is 4.74 Å². The number of carbonyl (C=O) groups excluding carboxylic acids is 1. The van der Waals surface area contributed by atoms with E-state index in [1.54, 1.807) is 0 Å². The van der Waals surface area contributed by atoms with Crippen LogP contribution < -0.4 is 9.84 Å². The number of hydrogen-bond acceptors (Lipinski definition) is 5. The molecule has 0 unspecified atom stereocenters. The quantitative estimate of drug-likeness (QED) is 0.462. The van der Waals surface area contributed by atoms with E-state index in [0.29, 0.717) is 17.6 Å². The highest BCUT2D eigenvalue weighted by Gasteiger charge is 2.44. The lowest BCUT2D eigenvalue weighted by molar-refractivity contribution is -0.307. The van der Waals surface area contributed by atoms with E-state index in [9.17, 15) is 20.1 Å². The summed E-state index contributed by atoms with van der Waals surface area (Å²) in [6.45, 7) is 1.73. The molecule has 0 heterocycles. The molecular formula is C24H36O5. The third-order valence-electron chi connectivity index (χ3n) is 6.67. The first kappa shape index (κ1) is 23.6. The van der Waals surface area contributed by atoms with E-state index in [0.717, 1.165) is 63.4 Å². The van der Waals surface area contributed by atoms with Crippen LogP contribution in [0.25, 0.3) is 0 Å². The van der Waals surface area contributed by atoms with Crippen molar-refractivity contribution < 1.29 is 24.9 Å². The topological polar surface area (TPSA) is 89.8 Å². The van der Waals surface area contributed by atoms with Crippen LogP contribution in [0.3, 0.4) is 0 Å². The molecule has 0 aromatic heterocycles. The summed E-state index contributed by atoms with van der Waals surface area (Å²) in [4.78, 5) is 10.7. The first-order chi connectivity index (χ1) is 13.5. The summed E-state index contributed by atoms with van der Waals surface area (Å²) in [6.07, 6.45) is 7.76. The van der Waals surface area contributed by atoms with Crippen LogP contribution in [-0.4, -0.2) is 35.0 Å². The van der Waals surface area contributed by atoms with E-state index in [2.05, 4.69) is 13.0 Å². The molecule has 0 aliphatic heterocycles. The molecule has 0 amide bonds. The summed E-state index contributed by atoms with van der Waals surface area (Å²) in [5.74, 6) is 0.440. The lowest BCUT2D eigenvalue weighted by Crippen LogP contribution is -2.30. The van der Waals surface area contributed by atoms with Gasteiger partial charge in [-0.2, -0.15) is 0 Å². The first-order valence-electron chi connectivity index (χ1n) is 10.8. The standard InChI is InChI=1S/C23H34O5.CH3/c1-2-3-4-7-17(24)9-10-18-19-11-15-6-5-8-22(28-14-23(26)27)20(15)12-16(19)13-21(18)25;/h5-6,8,16-19,21,24-25H,2-4,7,9-14H2,1H3,(H,26,27);1H3/q;+1/p-1/t16-,17-,18+,19-,21+;/m0./s1. The maximum absolute atomic E-state index is 10.7. The van der Waals surface area contributed by atoms with Gasteiger partial charge in [0, 0.05) is 7.43 Å². The highest BCUT2D eigenvalue weighted by atomic mass is 16.5. The van der Waals surface area contributed by atoms with E-state index in [1.165, 1.54) is 5.56 Å². The maximum atomic E-state index is 10.7. The number of carbonyl (C=O) groups is 1. The third kappa shape index (κ3) is 5.89. The van der Waals surface area contributed by atoms with Crippen LogP contribution in [-0.2, 0) is 17.6 Å². The molecule has 162 valence electrons. The summed E-state index contributed by atoms with van der Waals surface area (Å²) < 4.78 is 5.44. The number of unbranched alkanes of at least 4 members (excludes halogenated alkanes) is 2. The van der Waals surface area contributed by atoms with Gasteiger partial charge in [0.25, 0.3) is 0 Å². The fourth-order valence-electron chi connectivity index (χ4n) is 5.24. The van der Waals surface area contributed by atoms with Gasteiger partial charge in [0.1, 0.15) is 12.4 Å². The third-order valence-corrected chi connectivity index (χ3v) is 6.67. The number of aliphatic hydroxyl groups is 2. The highest BCUT2D eigenvalue weighted by molar-refractivity contribution is 5.66. The molecule has 5 heteroatoms. The number of hydrogen-bond donors (Lipinski definition) is 2. The van der Waals surface area contributed by atoms with Crippen LogP contribution in [0.15, 0.2) is 18.2 Å². The Hall–Kier alpha value is -1.72. The van der Waals surface area contributed by atoms with E-state index < -0.39 is 12.6 Å².